The van der Waals surface area contributed by atoms with E-state index in [2.05, 4.69) is 0 Å². The van der Waals surface area contributed by atoms with Gasteiger partial charge in [-0.2, -0.15) is 4.31 Å². The lowest BCUT2D eigenvalue weighted by Crippen LogP contribution is -2.57. The summed E-state index contributed by atoms with van der Waals surface area (Å²) >= 11 is 0. The Morgan fingerprint density at radius 3 is 1.89 bits per heavy atom. The van der Waals surface area contributed by atoms with E-state index in [-0.39, 0.29) is 35.5 Å². The van der Waals surface area contributed by atoms with Crippen molar-refractivity contribution < 1.29 is 21.2 Å². The number of hydrogen-bond acceptors (Lipinski definition) is 4. The summed E-state index contributed by atoms with van der Waals surface area (Å²) in [4.78, 5) is 0.119. The van der Waals surface area contributed by atoms with Crippen molar-refractivity contribution in [3.05, 3.63) is 54.3 Å². The normalized spacial score (nSPS) is 16.4. The van der Waals surface area contributed by atoms with E-state index in [4.69, 9.17) is 0 Å². The maximum absolute atomic E-state index is 13.0. The maximum atomic E-state index is 13.0. The molecule has 0 unspecified atom stereocenters. The molecule has 2 aromatic carbocycles. The molecule has 1 fully saturated rings. The molecule has 0 aliphatic carbocycles. The van der Waals surface area contributed by atoms with Crippen molar-refractivity contribution in [3.8, 4) is 11.1 Å². The summed E-state index contributed by atoms with van der Waals surface area (Å²) in [5, 5.41) is -0.631. The lowest BCUT2D eigenvalue weighted by molar-refractivity contribution is 0.309. The van der Waals surface area contributed by atoms with Crippen LogP contribution in [0.15, 0.2) is 53.4 Å². The van der Waals surface area contributed by atoms with Crippen molar-refractivity contribution in [2.45, 2.75) is 24.0 Å². The Morgan fingerprint density at radius 1 is 0.926 bits per heavy atom. The van der Waals surface area contributed by atoms with E-state index < -0.39 is 25.1 Å². The molecule has 0 atom stereocenters. The van der Waals surface area contributed by atoms with Crippen LogP contribution >= 0.6 is 0 Å². The third-order valence-corrected chi connectivity index (χ3v) is 8.85. The van der Waals surface area contributed by atoms with Crippen molar-refractivity contribution in [1.29, 1.82) is 0 Å². The first-order valence-electron chi connectivity index (χ1n) is 8.67. The molecular formula is C19H22FNO4S2. The minimum absolute atomic E-state index is 0.00288. The lowest BCUT2D eigenvalue weighted by Gasteiger charge is -2.37. The minimum Gasteiger partial charge on any atom is -0.228 e. The number of hydrogen-bond donors (Lipinski definition) is 0. The van der Waals surface area contributed by atoms with E-state index in [0.29, 0.717) is 0 Å². The molecule has 0 radical (unpaired) electrons. The predicted molar refractivity (Wildman–Crippen MR) is 103 cm³/mol. The Bertz CT molecular complexity index is 1010. The second-order valence-corrected chi connectivity index (χ2v) is 11.5. The van der Waals surface area contributed by atoms with Crippen molar-refractivity contribution in [2.75, 3.05) is 18.8 Å². The highest BCUT2D eigenvalue weighted by Crippen LogP contribution is 2.28. The average molecular weight is 412 g/mol. The van der Waals surface area contributed by atoms with Gasteiger partial charge < -0.3 is 0 Å². The number of benzene rings is 2. The van der Waals surface area contributed by atoms with Crippen molar-refractivity contribution in [1.82, 2.24) is 4.31 Å². The smallest absolute Gasteiger partial charge is 0.228 e. The molecule has 3 rings (SSSR count). The first kappa shape index (κ1) is 20.0. The second-order valence-electron chi connectivity index (χ2n) is 7.20. The molecule has 0 N–H and O–H groups in total. The van der Waals surface area contributed by atoms with Crippen molar-refractivity contribution in [2.24, 2.45) is 5.92 Å². The molecule has 0 spiro atoms. The van der Waals surface area contributed by atoms with Crippen LogP contribution in [-0.4, -0.2) is 45.2 Å². The summed E-state index contributed by atoms with van der Waals surface area (Å²) in [5.74, 6) is -0.254. The maximum Gasteiger partial charge on any atom is 0.243 e. The predicted octanol–water partition coefficient (Wildman–Crippen LogP) is 2.94. The summed E-state index contributed by atoms with van der Waals surface area (Å²) in [6.07, 6.45) is 0. The van der Waals surface area contributed by atoms with Gasteiger partial charge in [-0.3, -0.25) is 0 Å². The van der Waals surface area contributed by atoms with E-state index in [1.807, 2.05) is 13.8 Å². The van der Waals surface area contributed by atoms with Gasteiger partial charge in [-0.1, -0.05) is 38.1 Å². The quantitative estimate of drug-likeness (QED) is 0.733. The van der Waals surface area contributed by atoms with E-state index >= 15 is 0 Å². The molecule has 27 heavy (non-hydrogen) atoms. The fourth-order valence-corrected chi connectivity index (χ4v) is 6.77. The van der Waals surface area contributed by atoms with Gasteiger partial charge in [-0.05, 0) is 41.3 Å². The Labute approximate surface area is 159 Å². The summed E-state index contributed by atoms with van der Waals surface area (Å²) < 4.78 is 64.0. The van der Waals surface area contributed by atoms with Gasteiger partial charge in [-0.15, -0.1) is 0 Å². The average Bonchev–Trinajstić information content (AvgIpc) is 2.52. The second kappa shape index (κ2) is 7.33. The van der Waals surface area contributed by atoms with Crippen LogP contribution in [0.5, 0.6) is 0 Å². The summed E-state index contributed by atoms with van der Waals surface area (Å²) in [6, 6.07) is 12.2. The number of rotatable bonds is 6. The van der Waals surface area contributed by atoms with Crippen LogP contribution in [0, 0.1) is 11.7 Å². The van der Waals surface area contributed by atoms with Crippen molar-refractivity contribution >= 4 is 19.9 Å². The summed E-state index contributed by atoms with van der Waals surface area (Å²) in [6.45, 7) is 3.65. The standard InChI is InChI=1S/C19H22FNO4S2/c1-14(2)13-26(22,23)19-11-21(12-19)27(24,25)18-9-5-16(6-10-18)15-3-7-17(20)8-4-15/h3-10,14,19H,11-13H2,1-2H3. The lowest BCUT2D eigenvalue weighted by atomic mass is 10.1. The molecule has 146 valence electrons. The third kappa shape index (κ3) is 4.23. The Balaban J connectivity index is 1.72. The van der Waals surface area contributed by atoms with Gasteiger partial charge in [-0.25, -0.2) is 21.2 Å². The van der Waals surface area contributed by atoms with Crippen LogP contribution in [-0.2, 0) is 19.9 Å². The van der Waals surface area contributed by atoms with Gasteiger partial charge in [0.1, 0.15) is 5.82 Å². The monoisotopic (exact) mass is 411 g/mol. The number of nitrogens with zero attached hydrogens (tertiary/aromatic N) is 1. The first-order chi connectivity index (χ1) is 12.6. The Hall–Kier alpha value is -1.77. The molecule has 0 amide bonds. The van der Waals surface area contributed by atoms with Crippen LogP contribution in [0.3, 0.4) is 0 Å². The molecule has 1 saturated heterocycles. The third-order valence-electron chi connectivity index (χ3n) is 4.56. The number of sulfonamides is 1. The molecule has 8 heteroatoms. The zero-order valence-corrected chi connectivity index (χ0v) is 16.8. The van der Waals surface area contributed by atoms with Gasteiger partial charge in [0.25, 0.3) is 0 Å². The zero-order valence-electron chi connectivity index (χ0n) is 15.2. The minimum atomic E-state index is -3.72. The molecular weight excluding hydrogens is 389 g/mol. The van der Waals surface area contributed by atoms with Gasteiger partial charge in [0.2, 0.25) is 10.0 Å². The Kier molecular flexibility index (Phi) is 5.42. The van der Waals surface area contributed by atoms with Crippen LogP contribution in [0.2, 0.25) is 0 Å². The van der Waals surface area contributed by atoms with Gasteiger partial charge in [0.15, 0.2) is 9.84 Å². The summed E-state index contributed by atoms with van der Waals surface area (Å²) in [5.41, 5.74) is 1.55. The van der Waals surface area contributed by atoms with E-state index in [1.54, 1.807) is 24.3 Å². The fourth-order valence-electron chi connectivity index (χ4n) is 3.04. The van der Waals surface area contributed by atoms with Gasteiger partial charge >= 0.3 is 0 Å². The van der Waals surface area contributed by atoms with Crippen LogP contribution in [0.4, 0.5) is 4.39 Å². The molecule has 1 heterocycles. The van der Waals surface area contributed by atoms with Crippen LogP contribution in [0.25, 0.3) is 11.1 Å². The first-order valence-corrected chi connectivity index (χ1v) is 11.8. The molecule has 5 nitrogen and oxygen atoms in total. The van der Waals surface area contributed by atoms with E-state index in [1.165, 1.54) is 28.6 Å². The topological polar surface area (TPSA) is 71.5 Å². The molecule has 0 saturated carbocycles. The molecule has 1 aliphatic rings. The summed E-state index contributed by atoms with van der Waals surface area (Å²) in [7, 11) is -7.00. The highest BCUT2D eigenvalue weighted by Gasteiger charge is 2.43. The van der Waals surface area contributed by atoms with Gasteiger partial charge in [0.05, 0.1) is 15.9 Å². The van der Waals surface area contributed by atoms with E-state index in [9.17, 15) is 21.2 Å². The highest BCUT2D eigenvalue weighted by molar-refractivity contribution is 7.92. The molecule has 1 aliphatic heterocycles. The largest absolute Gasteiger partial charge is 0.243 e. The number of sulfone groups is 1. The van der Waals surface area contributed by atoms with Crippen LogP contribution in [0.1, 0.15) is 13.8 Å². The van der Waals surface area contributed by atoms with E-state index in [0.717, 1.165) is 11.1 Å². The Morgan fingerprint density at radius 2 is 1.41 bits per heavy atom. The zero-order chi connectivity index (χ0) is 19.8. The molecule has 2 aromatic rings. The fraction of sp³-hybridized carbons (Fsp3) is 0.368. The highest BCUT2D eigenvalue weighted by atomic mass is 32.2. The van der Waals surface area contributed by atoms with Crippen molar-refractivity contribution in [3.63, 3.8) is 0 Å². The van der Waals surface area contributed by atoms with Crippen LogP contribution < -0.4 is 0 Å². The molecule has 0 bridgehead atoms. The number of halogens is 1. The molecule has 0 aromatic heterocycles. The van der Waals surface area contributed by atoms with Gasteiger partial charge in [0, 0.05) is 13.1 Å². The SMILES string of the molecule is CC(C)CS(=O)(=O)C1CN(S(=O)(=O)c2ccc(-c3ccc(F)cc3)cc2)C1.